The monoisotopic (exact) mass is 213 g/mol. The lowest BCUT2D eigenvalue weighted by Gasteiger charge is -2.25. The fourth-order valence-electron chi connectivity index (χ4n) is 2.58. The Morgan fingerprint density at radius 1 is 0.786 bits per heavy atom. The average molecular weight is 213 g/mol. The Labute approximate surface area is 92.4 Å². The molecular weight excluding hydrogens is 190 g/mol. The van der Waals surface area contributed by atoms with Crippen LogP contribution in [-0.2, 0) is 0 Å². The van der Waals surface area contributed by atoms with Crippen LogP contribution in [-0.4, -0.2) is 23.6 Å². The first-order valence-electron chi connectivity index (χ1n) is 6.31. The van der Waals surface area contributed by atoms with Gasteiger partial charge < -0.3 is 5.32 Å². The third kappa shape index (κ3) is 3.47. The second-order valence-corrected chi connectivity index (χ2v) is 6.32. The van der Waals surface area contributed by atoms with Gasteiger partial charge in [0.1, 0.15) is 0 Å². The van der Waals surface area contributed by atoms with Crippen LogP contribution in [0.15, 0.2) is 0 Å². The Bertz CT molecular complexity index is 146. The molecule has 2 rings (SSSR count). The lowest BCUT2D eigenvalue weighted by Crippen LogP contribution is -2.24. The van der Waals surface area contributed by atoms with Crippen LogP contribution in [0.2, 0.25) is 0 Å². The SMILES string of the molecule is C1CCC(SC2CCCCNC2)CC1. The van der Waals surface area contributed by atoms with Crippen molar-refractivity contribution in [3.8, 4) is 0 Å². The minimum atomic E-state index is 0.917. The summed E-state index contributed by atoms with van der Waals surface area (Å²) in [6.07, 6.45) is 11.7. The summed E-state index contributed by atoms with van der Waals surface area (Å²) in [6, 6.07) is 0. The highest BCUT2D eigenvalue weighted by atomic mass is 32.2. The fourth-order valence-corrected chi connectivity index (χ4v) is 4.24. The number of thioether (sulfide) groups is 1. The van der Waals surface area contributed by atoms with Gasteiger partial charge in [-0.25, -0.2) is 0 Å². The van der Waals surface area contributed by atoms with Crippen molar-refractivity contribution in [2.45, 2.75) is 61.9 Å². The molecule has 0 aromatic rings. The molecule has 0 bridgehead atoms. The number of hydrogen-bond acceptors (Lipinski definition) is 2. The van der Waals surface area contributed by atoms with Crippen molar-refractivity contribution in [3.63, 3.8) is 0 Å². The molecule has 0 amide bonds. The molecule has 1 aliphatic heterocycles. The summed E-state index contributed by atoms with van der Waals surface area (Å²) in [5.74, 6) is 0. The standard InChI is InChI=1S/C12H23NS/c1-2-6-11(7-3-1)14-12-8-4-5-9-13-10-12/h11-13H,1-10H2. The highest BCUT2D eigenvalue weighted by molar-refractivity contribution is 8.00. The Hall–Kier alpha value is 0.310. The molecule has 1 saturated carbocycles. The molecule has 0 aromatic heterocycles. The molecule has 14 heavy (non-hydrogen) atoms. The first-order valence-corrected chi connectivity index (χ1v) is 7.25. The van der Waals surface area contributed by atoms with Crippen LogP contribution in [0, 0.1) is 0 Å². The maximum Gasteiger partial charge on any atom is 0.0175 e. The molecule has 0 spiro atoms. The van der Waals surface area contributed by atoms with Gasteiger partial charge in [0.05, 0.1) is 0 Å². The lowest BCUT2D eigenvalue weighted by atomic mass is 10.0. The van der Waals surface area contributed by atoms with E-state index in [0.29, 0.717) is 0 Å². The van der Waals surface area contributed by atoms with E-state index >= 15 is 0 Å². The van der Waals surface area contributed by atoms with Crippen LogP contribution in [0.1, 0.15) is 51.4 Å². The van der Waals surface area contributed by atoms with Crippen LogP contribution in [0.4, 0.5) is 0 Å². The van der Waals surface area contributed by atoms with Crippen molar-refractivity contribution >= 4 is 11.8 Å². The summed E-state index contributed by atoms with van der Waals surface area (Å²) in [7, 11) is 0. The summed E-state index contributed by atoms with van der Waals surface area (Å²) in [5, 5.41) is 5.48. The van der Waals surface area contributed by atoms with Crippen molar-refractivity contribution < 1.29 is 0 Å². The minimum Gasteiger partial charge on any atom is -0.316 e. The van der Waals surface area contributed by atoms with Gasteiger partial charge in [0.2, 0.25) is 0 Å². The van der Waals surface area contributed by atoms with Crippen LogP contribution >= 0.6 is 11.8 Å². The molecule has 82 valence electrons. The first kappa shape index (κ1) is 10.8. The van der Waals surface area contributed by atoms with Crippen molar-refractivity contribution in [2.24, 2.45) is 0 Å². The molecule has 1 unspecified atom stereocenters. The van der Waals surface area contributed by atoms with Gasteiger partial charge in [0, 0.05) is 17.0 Å². The molecule has 1 heterocycles. The highest BCUT2D eigenvalue weighted by Gasteiger charge is 2.20. The second-order valence-electron chi connectivity index (χ2n) is 4.72. The second kappa shape index (κ2) is 6.02. The van der Waals surface area contributed by atoms with Gasteiger partial charge in [-0.1, -0.05) is 25.7 Å². The lowest BCUT2D eigenvalue weighted by molar-refractivity contribution is 0.513. The summed E-state index contributed by atoms with van der Waals surface area (Å²) in [4.78, 5) is 0. The fraction of sp³-hybridized carbons (Fsp3) is 1.00. The van der Waals surface area contributed by atoms with E-state index < -0.39 is 0 Å². The van der Waals surface area contributed by atoms with Crippen LogP contribution in [0.25, 0.3) is 0 Å². The molecule has 0 radical (unpaired) electrons. The van der Waals surface area contributed by atoms with E-state index in [2.05, 4.69) is 17.1 Å². The van der Waals surface area contributed by atoms with Gasteiger partial charge in [-0.15, -0.1) is 0 Å². The summed E-state index contributed by atoms with van der Waals surface area (Å²) in [5.41, 5.74) is 0. The van der Waals surface area contributed by atoms with Gasteiger partial charge in [-0.2, -0.15) is 11.8 Å². The molecule has 1 saturated heterocycles. The zero-order chi connectivity index (χ0) is 9.64. The van der Waals surface area contributed by atoms with Crippen molar-refractivity contribution in [1.29, 1.82) is 0 Å². The maximum atomic E-state index is 3.57. The largest absolute Gasteiger partial charge is 0.316 e. The predicted molar refractivity (Wildman–Crippen MR) is 65.0 cm³/mol. The molecule has 1 N–H and O–H groups in total. The maximum absolute atomic E-state index is 3.57. The summed E-state index contributed by atoms with van der Waals surface area (Å²) >= 11 is 2.29. The van der Waals surface area contributed by atoms with E-state index in [1.165, 1.54) is 64.5 Å². The van der Waals surface area contributed by atoms with E-state index in [-0.39, 0.29) is 0 Å². The molecule has 1 nitrogen and oxygen atoms in total. The van der Waals surface area contributed by atoms with E-state index in [1.54, 1.807) is 0 Å². The molecule has 1 aliphatic carbocycles. The van der Waals surface area contributed by atoms with Gasteiger partial charge in [0.15, 0.2) is 0 Å². The van der Waals surface area contributed by atoms with E-state index in [9.17, 15) is 0 Å². The van der Waals surface area contributed by atoms with E-state index in [0.717, 1.165) is 10.5 Å². The molecule has 2 aliphatic rings. The Kier molecular flexibility index (Phi) is 4.65. The Morgan fingerprint density at radius 2 is 1.50 bits per heavy atom. The van der Waals surface area contributed by atoms with E-state index in [1.807, 2.05) is 0 Å². The summed E-state index contributed by atoms with van der Waals surface area (Å²) < 4.78 is 0. The quantitative estimate of drug-likeness (QED) is 0.756. The van der Waals surface area contributed by atoms with E-state index in [4.69, 9.17) is 0 Å². The highest BCUT2D eigenvalue weighted by Crippen LogP contribution is 2.32. The minimum absolute atomic E-state index is 0.917. The molecule has 0 aromatic carbocycles. The average Bonchev–Trinajstić information content (AvgIpc) is 2.48. The van der Waals surface area contributed by atoms with Gasteiger partial charge in [0.25, 0.3) is 0 Å². The normalized spacial score (nSPS) is 31.3. The zero-order valence-corrected chi connectivity index (χ0v) is 9.95. The molecule has 1 atom stereocenters. The van der Waals surface area contributed by atoms with Gasteiger partial charge in [-0.05, 0) is 32.2 Å². The number of nitrogens with one attached hydrogen (secondary N) is 1. The summed E-state index contributed by atoms with van der Waals surface area (Å²) in [6.45, 7) is 2.52. The number of rotatable bonds is 2. The van der Waals surface area contributed by atoms with Crippen molar-refractivity contribution in [3.05, 3.63) is 0 Å². The first-order chi connectivity index (χ1) is 6.95. The van der Waals surface area contributed by atoms with Crippen LogP contribution < -0.4 is 5.32 Å². The molecule has 2 fully saturated rings. The van der Waals surface area contributed by atoms with Crippen LogP contribution in [0.5, 0.6) is 0 Å². The smallest absolute Gasteiger partial charge is 0.0175 e. The Balaban J connectivity index is 1.71. The van der Waals surface area contributed by atoms with Gasteiger partial charge in [-0.3, -0.25) is 0 Å². The zero-order valence-electron chi connectivity index (χ0n) is 9.13. The Morgan fingerprint density at radius 3 is 2.36 bits per heavy atom. The van der Waals surface area contributed by atoms with Crippen molar-refractivity contribution in [2.75, 3.05) is 13.1 Å². The van der Waals surface area contributed by atoms with Crippen LogP contribution in [0.3, 0.4) is 0 Å². The van der Waals surface area contributed by atoms with Gasteiger partial charge >= 0.3 is 0 Å². The third-order valence-electron chi connectivity index (χ3n) is 3.44. The predicted octanol–water partition coefficient (Wildman–Crippen LogP) is 3.19. The topological polar surface area (TPSA) is 12.0 Å². The molecule has 2 heteroatoms. The third-order valence-corrected chi connectivity index (χ3v) is 5.08. The van der Waals surface area contributed by atoms with Crippen molar-refractivity contribution in [1.82, 2.24) is 5.32 Å². The molecular formula is C12H23NS. The number of hydrogen-bond donors (Lipinski definition) is 1.